The van der Waals surface area contributed by atoms with Crippen LogP contribution in [0.1, 0.15) is 37.8 Å². The summed E-state index contributed by atoms with van der Waals surface area (Å²) < 4.78 is 2.21. The molecule has 1 unspecified atom stereocenters. The van der Waals surface area contributed by atoms with Crippen LogP contribution < -0.4 is 5.32 Å². The number of rotatable bonds is 7. The van der Waals surface area contributed by atoms with Crippen LogP contribution in [0.2, 0.25) is 0 Å². The van der Waals surface area contributed by atoms with E-state index in [2.05, 4.69) is 14.9 Å². The van der Waals surface area contributed by atoms with E-state index in [0.717, 1.165) is 17.1 Å². The zero-order valence-electron chi connectivity index (χ0n) is 12.7. The maximum absolute atomic E-state index is 12.4. The molecule has 1 heterocycles. The summed E-state index contributed by atoms with van der Waals surface area (Å²) >= 11 is 1.57. The minimum Gasteiger partial charge on any atom is -0.351 e. The lowest BCUT2D eigenvalue weighted by Gasteiger charge is -2.15. The first kappa shape index (κ1) is 15.2. The summed E-state index contributed by atoms with van der Waals surface area (Å²) in [4.78, 5) is 16.8. The van der Waals surface area contributed by atoms with Crippen LogP contribution >= 0.6 is 11.8 Å². The Bertz CT molecular complexity index is 622. The topological polar surface area (TPSA) is 46.9 Å². The third kappa shape index (κ3) is 3.71. The van der Waals surface area contributed by atoms with E-state index in [0.29, 0.717) is 12.6 Å². The number of imidazole rings is 1. The molecule has 0 saturated heterocycles. The number of nitrogens with zero attached hydrogens (tertiary/aromatic N) is 2. The van der Waals surface area contributed by atoms with Gasteiger partial charge in [0.2, 0.25) is 5.91 Å². The minimum absolute atomic E-state index is 0.0849. The normalized spacial score (nSPS) is 15.5. The van der Waals surface area contributed by atoms with Crippen molar-refractivity contribution in [1.29, 1.82) is 0 Å². The van der Waals surface area contributed by atoms with Crippen molar-refractivity contribution in [3.63, 3.8) is 0 Å². The first-order chi connectivity index (χ1) is 10.8. The molecule has 1 N–H and O–H groups in total. The molecule has 0 bridgehead atoms. The number of hydrogen-bond donors (Lipinski definition) is 1. The highest BCUT2D eigenvalue weighted by Gasteiger charge is 2.27. The van der Waals surface area contributed by atoms with Crippen LogP contribution in [0, 0.1) is 0 Å². The second kappa shape index (κ2) is 7.01. The zero-order valence-corrected chi connectivity index (χ0v) is 13.6. The largest absolute Gasteiger partial charge is 0.351 e. The molecule has 2 aromatic rings. The van der Waals surface area contributed by atoms with E-state index in [1.165, 1.54) is 12.8 Å². The molecule has 0 aliphatic heterocycles. The molecule has 5 heteroatoms. The molecule has 0 spiro atoms. The summed E-state index contributed by atoms with van der Waals surface area (Å²) in [7, 11) is 0. The summed E-state index contributed by atoms with van der Waals surface area (Å²) in [5.74, 6) is 0.0849. The van der Waals surface area contributed by atoms with Crippen LogP contribution in [0.15, 0.2) is 47.9 Å². The fourth-order valence-electron chi connectivity index (χ4n) is 2.37. The van der Waals surface area contributed by atoms with Gasteiger partial charge in [-0.05, 0) is 24.8 Å². The van der Waals surface area contributed by atoms with Gasteiger partial charge in [0.15, 0.2) is 5.16 Å². The Balaban J connectivity index is 1.58. The van der Waals surface area contributed by atoms with Gasteiger partial charge >= 0.3 is 0 Å². The summed E-state index contributed by atoms with van der Waals surface area (Å²) in [6, 6.07) is 10.6. The van der Waals surface area contributed by atoms with Crippen molar-refractivity contribution >= 4 is 17.7 Å². The first-order valence-electron chi connectivity index (χ1n) is 7.79. The maximum atomic E-state index is 12.4. The Morgan fingerprint density at radius 1 is 1.41 bits per heavy atom. The SMILES string of the molecule is CCC(Sc1nccn1C1CC1)C(=O)NCc1ccccc1. The maximum Gasteiger partial charge on any atom is 0.233 e. The Morgan fingerprint density at radius 3 is 2.86 bits per heavy atom. The van der Waals surface area contributed by atoms with Gasteiger partial charge in [-0.25, -0.2) is 4.98 Å². The number of carbonyl (C=O) groups excluding carboxylic acids is 1. The van der Waals surface area contributed by atoms with E-state index in [9.17, 15) is 4.79 Å². The second-order valence-electron chi connectivity index (χ2n) is 5.57. The van der Waals surface area contributed by atoms with E-state index in [1.54, 1.807) is 11.8 Å². The van der Waals surface area contributed by atoms with Crippen molar-refractivity contribution in [3.05, 3.63) is 48.3 Å². The number of hydrogen-bond acceptors (Lipinski definition) is 3. The molecule has 4 nitrogen and oxygen atoms in total. The van der Waals surface area contributed by atoms with E-state index in [-0.39, 0.29) is 11.2 Å². The van der Waals surface area contributed by atoms with Crippen LogP contribution in [0.25, 0.3) is 0 Å². The lowest BCUT2D eigenvalue weighted by Crippen LogP contribution is -2.32. The van der Waals surface area contributed by atoms with Crippen molar-refractivity contribution in [2.24, 2.45) is 0 Å². The Labute approximate surface area is 135 Å². The van der Waals surface area contributed by atoms with Crippen LogP contribution in [0.5, 0.6) is 0 Å². The summed E-state index contributed by atoms with van der Waals surface area (Å²) in [5.41, 5.74) is 1.12. The van der Waals surface area contributed by atoms with Gasteiger partial charge in [0.05, 0.1) is 5.25 Å². The smallest absolute Gasteiger partial charge is 0.233 e. The van der Waals surface area contributed by atoms with Crippen LogP contribution in [0.4, 0.5) is 0 Å². The summed E-state index contributed by atoms with van der Waals surface area (Å²) in [6.45, 7) is 2.62. The molecule has 1 aliphatic carbocycles. The van der Waals surface area contributed by atoms with Gasteiger partial charge in [-0.2, -0.15) is 0 Å². The summed E-state index contributed by atoms with van der Waals surface area (Å²) in [6.07, 6.45) is 7.09. The zero-order chi connectivity index (χ0) is 15.4. The van der Waals surface area contributed by atoms with E-state index in [4.69, 9.17) is 0 Å². The molecule has 22 heavy (non-hydrogen) atoms. The van der Waals surface area contributed by atoms with Crippen molar-refractivity contribution in [2.45, 2.75) is 49.2 Å². The van der Waals surface area contributed by atoms with Gasteiger partial charge in [-0.3, -0.25) is 4.79 Å². The molecule has 1 atom stereocenters. The highest BCUT2D eigenvalue weighted by Crippen LogP contribution is 2.38. The average molecular weight is 315 g/mol. The van der Waals surface area contributed by atoms with E-state index < -0.39 is 0 Å². The Kier molecular flexibility index (Phi) is 4.83. The fraction of sp³-hybridized carbons (Fsp3) is 0.412. The predicted octanol–water partition coefficient (Wildman–Crippen LogP) is 3.41. The van der Waals surface area contributed by atoms with Gasteiger partial charge in [-0.1, -0.05) is 49.0 Å². The predicted molar refractivity (Wildman–Crippen MR) is 88.7 cm³/mol. The van der Waals surface area contributed by atoms with Crippen LogP contribution in [0.3, 0.4) is 0 Å². The molecule has 1 amide bonds. The number of aromatic nitrogens is 2. The number of carbonyl (C=O) groups is 1. The molecule has 0 radical (unpaired) electrons. The molecule has 1 saturated carbocycles. The molecule has 1 aromatic carbocycles. The van der Waals surface area contributed by atoms with Gasteiger partial charge in [0.25, 0.3) is 0 Å². The van der Waals surface area contributed by atoms with Gasteiger partial charge in [-0.15, -0.1) is 0 Å². The van der Waals surface area contributed by atoms with Crippen molar-refractivity contribution in [1.82, 2.24) is 14.9 Å². The molecule has 3 rings (SSSR count). The minimum atomic E-state index is -0.0939. The lowest BCUT2D eigenvalue weighted by molar-refractivity contribution is -0.120. The third-order valence-corrected chi connectivity index (χ3v) is 5.15. The van der Waals surface area contributed by atoms with Crippen molar-refractivity contribution in [3.8, 4) is 0 Å². The van der Waals surface area contributed by atoms with Crippen molar-refractivity contribution < 1.29 is 4.79 Å². The van der Waals surface area contributed by atoms with E-state index in [1.807, 2.05) is 49.6 Å². The average Bonchev–Trinajstić information content (AvgIpc) is 3.30. The van der Waals surface area contributed by atoms with Crippen molar-refractivity contribution in [2.75, 3.05) is 0 Å². The molecular formula is C17H21N3OS. The van der Waals surface area contributed by atoms with Gasteiger partial charge in [0, 0.05) is 25.0 Å². The quantitative estimate of drug-likeness (QED) is 0.797. The Hall–Kier alpha value is -1.75. The number of benzene rings is 1. The van der Waals surface area contributed by atoms with Crippen LogP contribution in [-0.2, 0) is 11.3 Å². The highest BCUT2D eigenvalue weighted by atomic mass is 32.2. The lowest BCUT2D eigenvalue weighted by atomic mass is 10.2. The molecule has 1 aliphatic rings. The number of nitrogens with one attached hydrogen (secondary N) is 1. The monoisotopic (exact) mass is 315 g/mol. The Morgan fingerprint density at radius 2 is 2.18 bits per heavy atom. The molecule has 1 aromatic heterocycles. The first-order valence-corrected chi connectivity index (χ1v) is 8.67. The molecule has 1 fully saturated rings. The van der Waals surface area contributed by atoms with E-state index >= 15 is 0 Å². The standard InChI is InChI=1S/C17H21N3OS/c1-2-15(16(21)19-12-13-6-4-3-5-7-13)22-17-18-10-11-20(17)14-8-9-14/h3-7,10-11,14-15H,2,8-9,12H2,1H3,(H,19,21). The molecule has 116 valence electrons. The highest BCUT2D eigenvalue weighted by molar-refractivity contribution is 8.00. The summed E-state index contributed by atoms with van der Waals surface area (Å²) in [5, 5.41) is 3.90. The number of thioether (sulfide) groups is 1. The van der Waals surface area contributed by atoms with Crippen LogP contribution in [-0.4, -0.2) is 20.7 Å². The van der Waals surface area contributed by atoms with Gasteiger partial charge < -0.3 is 9.88 Å². The fourth-order valence-corrected chi connectivity index (χ4v) is 3.43. The number of amides is 1. The molecular weight excluding hydrogens is 294 g/mol. The second-order valence-corrected chi connectivity index (χ2v) is 6.74. The van der Waals surface area contributed by atoms with Gasteiger partial charge in [0.1, 0.15) is 0 Å². The third-order valence-electron chi connectivity index (χ3n) is 3.79.